The Kier molecular flexibility index (Phi) is 4.41. The molecule has 0 spiro atoms. The minimum Gasteiger partial charge on any atom is -0.342 e. The molecule has 0 unspecified atom stereocenters. The third kappa shape index (κ3) is 3.19. The molecule has 1 fully saturated rings. The van der Waals surface area contributed by atoms with Crippen LogP contribution in [0.4, 0.5) is 0 Å². The topological polar surface area (TPSA) is 63.4 Å². The first kappa shape index (κ1) is 16.7. The van der Waals surface area contributed by atoms with E-state index in [1.165, 1.54) is 0 Å². The van der Waals surface area contributed by atoms with Gasteiger partial charge in [0.05, 0.1) is 29.2 Å². The largest absolute Gasteiger partial charge is 0.342 e. The summed E-state index contributed by atoms with van der Waals surface area (Å²) in [5.41, 5.74) is 4.80. The lowest BCUT2D eigenvalue weighted by atomic mass is 9.93. The van der Waals surface area contributed by atoms with Gasteiger partial charge in [0, 0.05) is 37.6 Å². The number of imidazole rings is 1. The third-order valence-electron chi connectivity index (χ3n) is 5.19. The Labute approximate surface area is 152 Å². The van der Waals surface area contributed by atoms with Crippen molar-refractivity contribution in [2.24, 2.45) is 0 Å². The van der Waals surface area contributed by atoms with E-state index < -0.39 is 0 Å². The maximum Gasteiger partial charge on any atom is 0.228 e. The highest BCUT2D eigenvalue weighted by molar-refractivity contribution is 5.79. The lowest BCUT2D eigenvalue weighted by molar-refractivity contribution is -0.131. The van der Waals surface area contributed by atoms with E-state index in [0.717, 1.165) is 54.4 Å². The first-order chi connectivity index (χ1) is 12.6. The Balaban J connectivity index is 1.43. The number of fused-ring (bicyclic) bond motifs is 1. The summed E-state index contributed by atoms with van der Waals surface area (Å²) in [6, 6.07) is 5.90. The number of amides is 1. The van der Waals surface area contributed by atoms with Gasteiger partial charge in [-0.05, 0) is 38.8 Å². The molecular weight excluding hydrogens is 326 g/mol. The van der Waals surface area contributed by atoms with Gasteiger partial charge in [0.15, 0.2) is 0 Å². The smallest absolute Gasteiger partial charge is 0.228 e. The van der Waals surface area contributed by atoms with E-state index in [-0.39, 0.29) is 5.91 Å². The van der Waals surface area contributed by atoms with E-state index in [9.17, 15) is 4.79 Å². The lowest BCUT2D eigenvalue weighted by Crippen LogP contribution is -2.39. The summed E-state index contributed by atoms with van der Waals surface area (Å²) in [7, 11) is 0. The quantitative estimate of drug-likeness (QED) is 0.729. The van der Waals surface area contributed by atoms with Crippen LogP contribution in [0, 0.1) is 13.8 Å². The van der Waals surface area contributed by atoms with Gasteiger partial charge in [-0.3, -0.25) is 14.8 Å². The second-order valence-corrected chi connectivity index (χ2v) is 6.99. The predicted octanol–water partition coefficient (Wildman–Crippen LogP) is 2.69. The Morgan fingerprint density at radius 3 is 2.73 bits per heavy atom. The van der Waals surface area contributed by atoms with E-state index in [0.29, 0.717) is 12.3 Å². The normalized spacial score (nSPS) is 15.5. The fourth-order valence-corrected chi connectivity index (χ4v) is 3.74. The highest BCUT2D eigenvalue weighted by Crippen LogP contribution is 2.27. The number of pyridine rings is 1. The number of nitrogens with zero attached hydrogens (tertiary/aromatic N) is 5. The number of hydrogen-bond donors (Lipinski definition) is 0. The van der Waals surface area contributed by atoms with Crippen molar-refractivity contribution in [2.75, 3.05) is 13.1 Å². The van der Waals surface area contributed by atoms with Crippen LogP contribution in [0.3, 0.4) is 0 Å². The van der Waals surface area contributed by atoms with Gasteiger partial charge in [0.1, 0.15) is 5.65 Å². The van der Waals surface area contributed by atoms with Crippen molar-refractivity contribution in [3.8, 4) is 0 Å². The summed E-state index contributed by atoms with van der Waals surface area (Å²) in [5, 5.41) is 0. The summed E-state index contributed by atoms with van der Waals surface area (Å²) < 4.78 is 2.02. The van der Waals surface area contributed by atoms with E-state index >= 15 is 0 Å². The van der Waals surface area contributed by atoms with Crippen molar-refractivity contribution in [3.05, 3.63) is 59.6 Å². The van der Waals surface area contributed by atoms with E-state index in [4.69, 9.17) is 0 Å². The van der Waals surface area contributed by atoms with E-state index in [1.54, 1.807) is 6.20 Å². The number of aromatic nitrogens is 4. The van der Waals surface area contributed by atoms with Crippen LogP contribution in [0.15, 0.2) is 36.8 Å². The molecule has 0 bridgehead atoms. The number of carbonyl (C=O) groups excluding carboxylic acids is 1. The number of likely N-dealkylation sites (tertiary alicyclic amines) is 1. The first-order valence-corrected chi connectivity index (χ1v) is 9.10. The molecule has 3 aromatic heterocycles. The molecule has 4 rings (SSSR count). The number of hydrogen-bond acceptors (Lipinski definition) is 4. The average molecular weight is 349 g/mol. The van der Waals surface area contributed by atoms with Crippen LogP contribution < -0.4 is 0 Å². The van der Waals surface area contributed by atoms with Crippen LogP contribution in [-0.4, -0.2) is 43.2 Å². The second-order valence-electron chi connectivity index (χ2n) is 6.99. The molecular formula is C20H23N5O. The van der Waals surface area contributed by atoms with Crippen molar-refractivity contribution in [1.29, 1.82) is 0 Å². The summed E-state index contributed by atoms with van der Waals surface area (Å²) in [5.74, 6) is 0.566. The Morgan fingerprint density at radius 1 is 1.15 bits per heavy atom. The van der Waals surface area contributed by atoms with Gasteiger partial charge in [-0.25, -0.2) is 4.98 Å². The molecule has 4 heterocycles. The molecule has 0 N–H and O–H groups in total. The molecule has 0 atom stereocenters. The zero-order chi connectivity index (χ0) is 18.1. The zero-order valence-electron chi connectivity index (χ0n) is 15.2. The SMILES string of the molecule is Cc1cncc(C2CCN(C(=O)Cc3c(C)nc4ccccn34)CC2)n1. The van der Waals surface area contributed by atoms with Gasteiger partial charge in [-0.15, -0.1) is 0 Å². The summed E-state index contributed by atoms with van der Waals surface area (Å²) in [6.07, 6.45) is 7.88. The van der Waals surface area contributed by atoms with Crippen molar-refractivity contribution in [3.63, 3.8) is 0 Å². The molecule has 134 valence electrons. The van der Waals surface area contributed by atoms with Gasteiger partial charge >= 0.3 is 0 Å². The van der Waals surface area contributed by atoms with Crippen molar-refractivity contribution >= 4 is 11.6 Å². The van der Waals surface area contributed by atoms with Crippen LogP contribution in [0.2, 0.25) is 0 Å². The van der Waals surface area contributed by atoms with Gasteiger partial charge in [0.25, 0.3) is 0 Å². The van der Waals surface area contributed by atoms with Gasteiger partial charge in [-0.2, -0.15) is 0 Å². The van der Waals surface area contributed by atoms with Crippen LogP contribution in [0.5, 0.6) is 0 Å². The molecule has 26 heavy (non-hydrogen) atoms. The Morgan fingerprint density at radius 2 is 1.96 bits per heavy atom. The van der Waals surface area contributed by atoms with Gasteiger partial charge in [-0.1, -0.05) is 6.07 Å². The first-order valence-electron chi connectivity index (χ1n) is 9.10. The zero-order valence-corrected chi connectivity index (χ0v) is 15.2. The van der Waals surface area contributed by atoms with Crippen LogP contribution in [0.1, 0.15) is 41.5 Å². The van der Waals surface area contributed by atoms with Gasteiger partial charge in [0.2, 0.25) is 5.91 Å². The Hall–Kier alpha value is -2.76. The fraction of sp³-hybridized carbons (Fsp3) is 0.400. The highest BCUT2D eigenvalue weighted by Gasteiger charge is 2.26. The molecule has 3 aromatic rings. The lowest BCUT2D eigenvalue weighted by Gasteiger charge is -2.31. The molecule has 6 nitrogen and oxygen atoms in total. The molecule has 0 aliphatic carbocycles. The number of rotatable bonds is 3. The molecule has 0 saturated carbocycles. The van der Waals surface area contributed by atoms with Crippen molar-refractivity contribution in [2.45, 2.75) is 39.0 Å². The van der Waals surface area contributed by atoms with Crippen LogP contribution in [0.25, 0.3) is 5.65 Å². The summed E-state index contributed by atoms with van der Waals surface area (Å²) >= 11 is 0. The highest BCUT2D eigenvalue weighted by atomic mass is 16.2. The number of carbonyl (C=O) groups is 1. The fourth-order valence-electron chi connectivity index (χ4n) is 3.74. The van der Waals surface area contributed by atoms with E-state index in [2.05, 4.69) is 15.0 Å². The van der Waals surface area contributed by atoms with Gasteiger partial charge < -0.3 is 9.30 Å². The van der Waals surface area contributed by atoms with Crippen molar-refractivity contribution < 1.29 is 4.79 Å². The number of aryl methyl sites for hydroxylation is 2. The minimum absolute atomic E-state index is 0.174. The monoisotopic (exact) mass is 349 g/mol. The molecule has 0 aromatic carbocycles. The Bertz CT molecular complexity index is 940. The van der Waals surface area contributed by atoms with Crippen molar-refractivity contribution in [1.82, 2.24) is 24.3 Å². The molecule has 6 heteroatoms. The molecule has 1 aliphatic rings. The third-order valence-corrected chi connectivity index (χ3v) is 5.19. The molecule has 1 aliphatic heterocycles. The molecule has 0 radical (unpaired) electrons. The van der Waals surface area contributed by atoms with Crippen LogP contribution >= 0.6 is 0 Å². The minimum atomic E-state index is 0.174. The second kappa shape index (κ2) is 6.86. The average Bonchev–Trinajstić information content (AvgIpc) is 2.97. The molecule has 1 saturated heterocycles. The number of piperidine rings is 1. The standard InChI is InChI=1S/C20H23N5O/c1-14-12-21-13-17(22-14)16-6-9-24(10-7-16)20(26)11-18-15(2)23-19-5-3-4-8-25(18)19/h3-5,8,12-13,16H,6-7,9-11H2,1-2H3. The molecule has 1 amide bonds. The summed E-state index contributed by atoms with van der Waals surface area (Å²) in [4.78, 5) is 28.2. The summed E-state index contributed by atoms with van der Waals surface area (Å²) in [6.45, 7) is 5.48. The maximum atomic E-state index is 12.8. The maximum absolute atomic E-state index is 12.8. The predicted molar refractivity (Wildman–Crippen MR) is 99.0 cm³/mol. The van der Waals surface area contributed by atoms with E-state index in [1.807, 2.05) is 53.7 Å². The van der Waals surface area contributed by atoms with Crippen LogP contribution in [-0.2, 0) is 11.2 Å².